The number of H-pyrrole nitrogens is 1. The number of rotatable bonds is 2. The number of aromatic nitrogens is 2. The van der Waals surface area contributed by atoms with Crippen molar-refractivity contribution in [1.82, 2.24) is 10.2 Å². The van der Waals surface area contributed by atoms with Crippen LogP contribution in [0.5, 0.6) is 0 Å². The van der Waals surface area contributed by atoms with E-state index < -0.39 is 11.3 Å². The fourth-order valence-corrected chi connectivity index (χ4v) is 2.69. The number of aromatic amines is 1. The molecule has 1 heterocycles. The number of nitrogens with one attached hydrogen (secondary N) is 2. The van der Waals surface area contributed by atoms with Gasteiger partial charge in [-0.15, -0.1) is 0 Å². The molecule has 128 valence electrons. The molecule has 0 bridgehead atoms. The summed E-state index contributed by atoms with van der Waals surface area (Å²) in [6.45, 7) is 6.20. The average molecular weight is 356 g/mol. The molecule has 1 aromatic heterocycles. The number of amides is 1. The Balaban J connectivity index is 2.03. The highest BCUT2D eigenvalue weighted by Crippen LogP contribution is 2.24. The first-order valence-electron chi connectivity index (χ1n) is 7.85. The fourth-order valence-electron chi connectivity index (χ4n) is 2.50. The second-order valence-corrected chi connectivity index (χ2v) is 7.31. The molecule has 0 fully saturated rings. The third-order valence-corrected chi connectivity index (χ3v) is 4.17. The van der Waals surface area contributed by atoms with Crippen LogP contribution in [-0.2, 0) is 5.41 Å². The van der Waals surface area contributed by atoms with Gasteiger partial charge >= 0.3 is 0 Å². The van der Waals surface area contributed by atoms with Gasteiger partial charge in [0, 0.05) is 16.1 Å². The number of anilines is 1. The summed E-state index contributed by atoms with van der Waals surface area (Å²) in [4.78, 5) is 25.2. The van der Waals surface area contributed by atoms with Crippen LogP contribution in [0.3, 0.4) is 0 Å². The van der Waals surface area contributed by atoms with Crippen molar-refractivity contribution in [2.24, 2.45) is 0 Å². The second-order valence-electron chi connectivity index (χ2n) is 6.88. The van der Waals surface area contributed by atoms with Crippen LogP contribution in [0.1, 0.15) is 36.8 Å². The van der Waals surface area contributed by atoms with Crippen molar-refractivity contribution in [2.75, 3.05) is 5.32 Å². The molecule has 3 aromatic rings. The predicted molar refractivity (Wildman–Crippen MR) is 100 cm³/mol. The quantitative estimate of drug-likeness (QED) is 0.725. The van der Waals surface area contributed by atoms with Crippen molar-refractivity contribution >= 4 is 34.1 Å². The molecule has 0 atom stereocenters. The van der Waals surface area contributed by atoms with Gasteiger partial charge in [-0.25, -0.2) is 0 Å². The first-order chi connectivity index (χ1) is 11.8. The van der Waals surface area contributed by atoms with E-state index in [9.17, 15) is 9.59 Å². The zero-order chi connectivity index (χ0) is 18.2. The van der Waals surface area contributed by atoms with Gasteiger partial charge in [-0.2, -0.15) is 5.10 Å². The van der Waals surface area contributed by atoms with E-state index in [1.807, 2.05) is 18.2 Å². The highest BCUT2D eigenvalue weighted by Gasteiger charge is 2.18. The Hall–Kier alpha value is -2.66. The summed E-state index contributed by atoms with van der Waals surface area (Å²) < 4.78 is 0. The van der Waals surface area contributed by atoms with Crippen LogP contribution < -0.4 is 10.7 Å². The Morgan fingerprint density at radius 3 is 2.60 bits per heavy atom. The van der Waals surface area contributed by atoms with Gasteiger partial charge in [0.25, 0.3) is 5.91 Å². The van der Waals surface area contributed by atoms with Crippen LogP contribution in [0.4, 0.5) is 5.69 Å². The van der Waals surface area contributed by atoms with Gasteiger partial charge in [-0.05, 0) is 41.3 Å². The van der Waals surface area contributed by atoms with E-state index in [1.54, 1.807) is 24.3 Å². The summed E-state index contributed by atoms with van der Waals surface area (Å²) >= 11 is 5.91. The van der Waals surface area contributed by atoms with Gasteiger partial charge in [-0.1, -0.05) is 44.5 Å². The Kier molecular flexibility index (Phi) is 4.35. The third kappa shape index (κ3) is 3.56. The normalized spacial score (nSPS) is 11.5. The lowest BCUT2D eigenvalue weighted by Crippen LogP contribution is -2.24. The minimum absolute atomic E-state index is 0.104. The number of benzene rings is 2. The maximum atomic E-state index is 12.7. The van der Waals surface area contributed by atoms with Crippen LogP contribution >= 0.6 is 11.6 Å². The summed E-state index contributed by atoms with van der Waals surface area (Å²) in [6, 6.07) is 12.3. The lowest BCUT2D eigenvalue weighted by atomic mass is 9.86. The minimum Gasteiger partial charge on any atom is -0.320 e. The molecule has 0 aliphatic carbocycles. The van der Waals surface area contributed by atoms with Crippen LogP contribution in [0, 0.1) is 0 Å². The topological polar surface area (TPSA) is 74.8 Å². The van der Waals surface area contributed by atoms with Crippen molar-refractivity contribution in [3.05, 3.63) is 69.0 Å². The van der Waals surface area contributed by atoms with E-state index in [2.05, 4.69) is 36.3 Å². The monoisotopic (exact) mass is 355 g/mol. The van der Waals surface area contributed by atoms with Gasteiger partial charge in [0.2, 0.25) is 5.43 Å². The van der Waals surface area contributed by atoms with E-state index in [0.29, 0.717) is 21.6 Å². The number of hydrogen-bond acceptors (Lipinski definition) is 3. The molecule has 0 saturated heterocycles. The van der Waals surface area contributed by atoms with E-state index in [4.69, 9.17) is 11.6 Å². The highest BCUT2D eigenvalue weighted by molar-refractivity contribution is 6.30. The Morgan fingerprint density at radius 2 is 1.92 bits per heavy atom. The SMILES string of the molecule is CC(C)(C)c1ccc2[nH]nc(C(=O)Nc3cccc(Cl)c3)c(=O)c2c1. The van der Waals surface area contributed by atoms with Crippen molar-refractivity contribution < 1.29 is 4.79 Å². The Labute approximate surface area is 150 Å². The van der Waals surface area contributed by atoms with Gasteiger partial charge in [0.15, 0.2) is 5.69 Å². The standard InChI is InChI=1S/C19H18ClN3O2/c1-19(2,3)11-7-8-15-14(9-11)17(24)16(23-22-15)18(25)21-13-6-4-5-12(20)10-13/h4-10H,1-3H3,(H,21,25)(H,22,24). The van der Waals surface area contributed by atoms with Gasteiger partial charge < -0.3 is 5.32 Å². The second kappa shape index (κ2) is 6.33. The molecule has 0 aliphatic heterocycles. The highest BCUT2D eigenvalue weighted by atomic mass is 35.5. The first kappa shape index (κ1) is 17.2. The smallest absolute Gasteiger partial charge is 0.280 e. The molecule has 2 aromatic carbocycles. The van der Waals surface area contributed by atoms with Gasteiger partial charge in [0.1, 0.15) is 0 Å². The van der Waals surface area contributed by atoms with Crippen LogP contribution in [-0.4, -0.2) is 16.1 Å². The molecule has 0 saturated carbocycles. The molecular weight excluding hydrogens is 338 g/mol. The number of carbonyl (C=O) groups is 1. The third-order valence-electron chi connectivity index (χ3n) is 3.93. The largest absolute Gasteiger partial charge is 0.320 e. The Bertz CT molecular complexity index is 1020. The number of carbonyl (C=O) groups excluding carboxylic acids is 1. The van der Waals surface area contributed by atoms with Gasteiger partial charge in [0.05, 0.1) is 5.52 Å². The van der Waals surface area contributed by atoms with Crippen LogP contribution in [0.25, 0.3) is 10.9 Å². The minimum atomic E-state index is -0.577. The lowest BCUT2D eigenvalue weighted by molar-refractivity contribution is 0.102. The summed E-state index contributed by atoms with van der Waals surface area (Å²) in [5.74, 6) is -0.577. The summed E-state index contributed by atoms with van der Waals surface area (Å²) in [5, 5.41) is 10.3. The lowest BCUT2D eigenvalue weighted by Gasteiger charge is -2.19. The molecule has 1 amide bonds. The average Bonchev–Trinajstić information content (AvgIpc) is 2.54. The molecule has 0 spiro atoms. The molecule has 0 unspecified atom stereocenters. The van der Waals surface area contributed by atoms with Crippen molar-refractivity contribution in [3.8, 4) is 0 Å². The number of halogens is 1. The molecule has 6 heteroatoms. The van der Waals surface area contributed by atoms with E-state index >= 15 is 0 Å². The van der Waals surface area contributed by atoms with Gasteiger partial charge in [-0.3, -0.25) is 14.7 Å². The van der Waals surface area contributed by atoms with E-state index in [0.717, 1.165) is 5.56 Å². The zero-order valence-electron chi connectivity index (χ0n) is 14.2. The molecule has 0 aliphatic rings. The fraction of sp³-hybridized carbons (Fsp3) is 0.211. The van der Waals surface area contributed by atoms with Crippen molar-refractivity contribution in [1.29, 1.82) is 0 Å². The molecule has 3 rings (SSSR count). The first-order valence-corrected chi connectivity index (χ1v) is 8.23. The molecule has 0 radical (unpaired) electrons. The summed E-state index contributed by atoms with van der Waals surface area (Å²) in [7, 11) is 0. The summed E-state index contributed by atoms with van der Waals surface area (Å²) in [6.07, 6.45) is 0. The molecule has 5 nitrogen and oxygen atoms in total. The predicted octanol–water partition coefficient (Wildman–Crippen LogP) is 4.13. The van der Waals surface area contributed by atoms with Crippen molar-refractivity contribution in [3.63, 3.8) is 0 Å². The number of nitrogens with zero attached hydrogens (tertiary/aromatic N) is 1. The van der Waals surface area contributed by atoms with Crippen LogP contribution in [0.15, 0.2) is 47.3 Å². The van der Waals surface area contributed by atoms with E-state index in [-0.39, 0.29) is 11.1 Å². The molecule has 2 N–H and O–H groups in total. The van der Waals surface area contributed by atoms with Crippen molar-refractivity contribution in [2.45, 2.75) is 26.2 Å². The Morgan fingerprint density at radius 1 is 1.16 bits per heavy atom. The maximum Gasteiger partial charge on any atom is 0.280 e. The van der Waals surface area contributed by atoms with Crippen LogP contribution in [0.2, 0.25) is 5.02 Å². The molecule has 25 heavy (non-hydrogen) atoms. The number of hydrogen-bond donors (Lipinski definition) is 2. The zero-order valence-corrected chi connectivity index (χ0v) is 14.9. The van der Waals surface area contributed by atoms with E-state index in [1.165, 1.54) is 0 Å². The maximum absolute atomic E-state index is 12.7. The summed E-state index contributed by atoms with van der Waals surface area (Å²) in [5.41, 5.74) is 1.42. The number of fused-ring (bicyclic) bond motifs is 1. The molecular formula is C19H18ClN3O2.